The topological polar surface area (TPSA) is 95.6 Å². The lowest BCUT2D eigenvalue weighted by Gasteiger charge is -2.04. The third kappa shape index (κ3) is 8.18. The highest BCUT2D eigenvalue weighted by molar-refractivity contribution is 7.09. The van der Waals surface area contributed by atoms with Gasteiger partial charge in [-0.15, -0.1) is 48.6 Å². The number of imidazole rings is 1. The summed E-state index contributed by atoms with van der Waals surface area (Å²) in [5, 5.41) is 8.67. The van der Waals surface area contributed by atoms with Crippen molar-refractivity contribution in [2.75, 3.05) is 13.1 Å². The minimum atomic E-state index is -0.437. The molecule has 0 aliphatic rings. The maximum Gasteiger partial charge on any atom is 0.271 e. The molecular weight excluding hydrogens is 522 g/mol. The molecule has 34 heavy (non-hydrogen) atoms. The van der Waals surface area contributed by atoms with Gasteiger partial charge in [-0.2, -0.15) is 0 Å². The Hall–Kier alpha value is -2.30. The zero-order valence-corrected chi connectivity index (χ0v) is 21.4. The molecule has 0 radical (unpaired) electrons. The van der Waals surface area contributed by atoms with Gasteiger partial charge in [0.25, 0.3) is 5.91 Å². The van der Waals surface area contributed by atoms with Gasteiger partial charge in [0.1, 0.15) is 17.3 Å². The van der Waals surface area contributed by atoms with Crippen LogP contribution in [-0.2, 0) is 19.4 Å². The maximum atomic E-state index is 13.6. The van der Waals surface area contributed by atoms with Crippen molar-refractivity contribution in [2.24, 2.45) is 0 Å². The second-order valence-corrected chi connectivity index (χ2v) is 7.99. The van der Waals surface area contributed by atoms with E-state index in [0.29, 0.717) is 5.69 Å². The van der Waals surface area contributed by atoms with Gasteiger partial charge in [-0.1, -0.05) is 12.1 Å². The third-order valence-corrected chi connectivity index (χ3v) is 5.67. The van der Waals surface area contributed by atoms with Crippen LogP contribution in [0.1, 0.15) is 33.4 Å². The van der Waals surface area contributed by atoms with Crippen LogP contribution in [0.5, 0.6) is 0 Å². The van der Waals surface area contributed by atoms with Gasteiger partial charge in [-0.3, -0.25) is 9.78 Å². The summed E-state index contributed by atoms with van der Waals surface area (Å²) in [6, 6.07) is 10.9. The van der Waals surface area contributed by atoms with E-state index in [0.717, 1.165) is 54.2 Å². The standard InChI is InChI=1S/C22H23FN6OS.3ClH/c23-15-5-3-11-25-18(15)13-26-22(30)19-14-31-21(29-19)9-12-24-10-4-8-20-27-16-6-1-2-7-17(16)28-20;;;/h1-3,5-7,11,14,24H,4,8-10,12-13H2,(H,26,30)(H,27,28);3*1H. The summed E-state index contributed by atoms with van der Waals surface area (Å²) >= 11 is 1.45. The van der Waals surface area contributed by atoms with Crippen molar-refractivity contribution in [1.82, 2.24) is 30.6 Å². The first-order chi connectivity index (χ1) is 15.2. The molecule has 0 bridgehead atoms. The van der Waals surface area contributed by atoms with E-state index in [1.807, 2.05) is 24.3 Å². The average molecular weight is 548 g/mol. The van der Waals surface area contributed by atoms with E-state index in [1.165, 1.54) is 29.7 Å². The number of aromatic nitrogens is 4. The minimum Gasteiger partial charge on any atom is -0.345 e. The number of hydrogen-bond donors (Lipinski definition) is 3. The number of pyridine rings is 1. The molecule has 0 unspecified atom stereocenters. The molecule has 0 spiro atoms. The van der Waals surface area contributed by atoms with E-state index < -0.39 is 5.82 Å². The predicted octanol–water partition coefficient (Wildman–Crippen LogP) is 4.51. The highest BCUT2D eigenvalue weighted by Crippen LogP contribution is 2.12. The van der Waals surface area contributed by atoms with Crippen molar-refractivity contribution in [1.29, 1.82) is 0 Å². The lowest BCUT2D eigenvalue weighted by Crippen LogP contribution is -2.24. The molecule has 0 saturated carbocycles. The van der Waals surface area contributed by atoms with Crippen LogP contribution in [0.4, 0.5) is 4.39 Å². The molecule has 12 heteroatoms. The first-order valence-corrected chi connectivity index (χ1v) is 11.0. The number of nitrogens with zero attached hydrogens (tertiary/aromatic N) is 3. The van der Waals surface area contributed by atoms with E-state index in [-0.39, 0.29) is 55.4 Å². The number of hydrogen-bond acceptors (Lipinski definition) is 6. The molecule has 184 valence electrons. The number of fused-ring (bicyclic) bond motifs is 1. The first-order valence-electron chi connectivity index (χ1n) is 10.2. The zero-order valence-electron chi connectivity index (χ0n) is 18.1. The van der Waals surface area contributed by atoms with Crippen LogP contribution in [-0.4, -0.2) is 38.9 Å². The summed E-state index contributed by atoms with van der Waals surface area (Å²) in [7, 11) is 0. The lowest BCUT2D eigenvalue weighted by molar-refractivity contribution is 0.0945. The monoisotopic (exact) mass is 546 g/mol. The molecule has 0 aliphatic carbocycles. The Morgan fingerprint density at radius 2 is 1.85 bits per heavy atom. The number of thiazole rings is 1. The van der Waals surface area contributed by atoms with Gasteiger partial charge in [0, 0.05) is 31.0 Å². The van der Waals surface area contributed by atoms with Crippen molar-refractivity contribution in [2.45, 2.75) is 25.8 Å². The molecule has 3 aromatic heterocycles. The zero-order chi connectivity index (χ0) is 21.5. The van der Waals surface area contributed by atoms with Crippen molar-refractivity contribution in [3.05, 3.63) is 76.0 Å². The van der Waals surface area contributed by atoms with E-state index >= 15 is 0 Å². The SMILES string of the molecule is Cl.Cl.Cl.O=C(NCc1ncccc1F)c1csc(CCNCCCc2nc3ccccc3[nH]2)n1. The van der Waals surface area contributed by atoms with Crippen LogP contribution >= 0.6 is 48.6 Å². The quantitative estimate of drug-likeness (QED) is 0.254. The lowest BCUT2D eigenvalue weighted by atomic mass is 10.3. The van der Waals surface area contributed by atoms with E-state index in [2.05, 4.69) is 30.6 Å². The number of para-hydroxylation sites is 2. The number of carbonyl (C=O) groups excluding carboxylic acids is 1. The molecule has 4 aromatic rings. The molecule has 0 saturated heterocycles. The third-order valence-electron chi connectivity index (χ3n) is 4.76. The molecule has 0 aliphatic heterocycles. The van der Waals surface area contributed by atoms with Crippen molar-refractivity contribution >= 4 is 65.5 Å². The summed E-state index contributed by atoms with van der Waals surface area (Å²) in [4.78, 5) is 28.4. The van der Waals surface area contributed by atoms with Crippen molar-refractivity contribution in [3.63, 3.8) is 0 Å². The largest absolute Gasteiger partial charge is 0.345 e. The Morgan fingerprint density at radius 3 is 2.65 bits per heavy atom. The number of nitrogens with one attached hydrogen (secondary N) is 3. The fourth-order valence-corrected chi connectivity index (χ4v) is 3.94. The maximum absolute atomic E-state index is 13.6. The molecule has 0 fully saturated rings. The smallest absolute Gasteiger partial charge is 0.271 e. The Bertz CT molecular complexity index is 1140. The van der Waals surface area contributed by atoms with Crippen LogP contribution in [0.15, 0.2) is 48.0 Å². The van der Waals surface area contributed by atoms with Crippen LogP contribution in [0.3, 0.4) is 0 Å². The van der Waals surface area contributed by atoms with Gasteiger partial charge < -0.3 is 15.6 Å². The molecular formula is C22H26Cl3FN6OS. The highest BCUT2D eigenvalue weighted by Gasteiger charge is 2.12. The second-order valence-electron chi connectivity index (χ2n) is 7.05. The fraction of sp³-hybridized carbons (Fsp3) is 0.273. The first kappa shape index (κ1) is 29.7. The highest BCUT2D eigenvalue weighted by atomic mass is 35.5. The molecule has 7 nitrogen and oxygen atoms in total. The number of rotatable bonds is 10. The normalized spacial score (nSPS) is 10.1. The van der Waals surface area contributed by atoms with Gasteiger partial charge in [0.2, 0.25) is 0 Å². The summed E-state index contributed by atoms with van der Waals surface area (Å²) in [5.41, 5.74) is 2.62. The number of halogens is 4. The van der Waals surface area contributed by atoms with E-state index in [1.54, 1.807) is 5.38 Å². The number of benzene rings is 1. The van der Waals surface area contributed by atoms with Gasteiger partial charge >= 0.3 is 0 Å². The molecule has 4 rings (SSSR count). The Kier molecular flexibility index (Phi) is 13.0. The van der Waals surface area contributed by atoms with Crippen molar-refractivity contribution < 1.29 is 9.18 Å². The van der Waals surface area contributed by atoms with Gasteiger partial charge in [-0.25, -0.2) is 14.4 Å². The molecule has 1 amide bonds. The Labute approximate surface area is 219 Å². The fourth-order valence-electron chi connectivity index (χ4n) is 3.16. The minimum absolute atomic E-state index is 0. The van der Waals surface area contributed by atoms with E-state index in [4.69, 9.17) is 0 Å². The van der Waals surface area contributed by atoms with Crippen LogP contribution in [0, 0.1) is 5.82 Å². The molecule has 1 aromatic carbocycles. The van der Waals surface area contributed by atoms with Crippen LogP contribution in [0.25, 0.3) is 11.0 Å². The number of aryl methyl sites for hydroxylation is 1. The number of H-pyrrole nitrogens is 1. The molecule has 0 atom stereocenters. The molecule has 3 N–H and O–H groups in total. The summed E-state index contributed by atoms with van der Waals surface area (Å²) in [6.07, 6.45) is 4.11. The van der Waals surface area contributed by atoms with Gasteiger partial charge in [-0.05, 0) is 37.2 Å². The van der Waals surface area contributed by atoms with E-state index in [9.17, 15) is 9.18 Å². The summed E-state index contributed by atoms with van der Waals surface area (Å²) < 4.78 is 13.6. The second kappa shape index (κ2) is 14.9. The van der Waals surface area contributed by atoms with Crippen LogP contribution in [0.2, 0.25) is 0 Å². The number of aromatic amines is 1. The van der Waals surface area contributed by atoms with Crippen LogP contribution < -0.4 is 10.6 Å². The van der Waals surface area contributed by atoms with Gasteiger partial charge in [0.05, 0.1) is 28.3 Å². The summed E-state index contributed by atoms with van der Waals surface area (Å²) in [6.45, 7) is 1.70. The summed E-state index contributed by atoms with van der Waals surface area (Å²) in [5.74, 6) is 0.240. The Balaban J connectivity index is 0.00000193. The number of carbonyl (C=O) groups is 1. The number of amides is 1. The van der Waals surface area contributed by atoms with Crippen molar-refractivity contribution in [3.8, 4) is 0 Å². The Morgan fingerprint density at radius 1 is 1.03 bits per heavy atom. The van der Waals surface area contributed by atoms with Gasteiger partial charge in [0.15, 0.2) is 0 Å². The molecule has 3 heterocycles. The average Bonchev–Trinajstić information content (AvgIpc) is 3.42. The predicted molar refractivity (Wildman–Crippen MR) is 140 cm³/mol.